The van der Waals surface area contributed by atoms with Crippen LogP contribution in [-0.4, -0.2) is 4.98 Å². The molecule has 0 saturated heterocycles. The van der Waals surface area contributed by atoms with Crippen molar-refractivity contribution in [3.8, 4) is 0 Å². The summed E-state index contributed by atoms with van der Waals surface area (Å²) in [5.74, 6) is 0. The smallest absolute Gasteiger partial charge is 0.0782 e. The Balaban J connectivity index is 2.89. The topological polar surface area (TPSA) is 12.9 Å². The normalized spacial score (nSPS) is 10.9. The number of aryl methyl sites for hydroxylation is 1. The minimum atomic E-state index is 0.459. The van der Waals surface area contributed by atoms with Crippen LogP contribution >= 0.6 is 34.8 Å². The van der Waals surface area contributed by atoms with Crippen LogP contribution in [0.5, 0.6) is 0 Å². The maximum atomic E-state index is 6.04. The van der Waals surface area contributed by atoms with Gasteiger partial charge in [0, 0.05) is 16.6 Å². The van der Waals surface area contributed by atoms with Gasteiger partial charge in [-0.15, -0.1) is 0 Å². The Morgan fingerprint density at radius 1 is 1.07 bits per heavy atom. The predicted molar refractivity (Wildman–Crippen MR) is 61.5 cm³/mol. The largest absolute Gasteiger partial charge is 0.255 e. The van der Waals surface area contributed by atoms with Crippen LogP contribution in [0.3, 0.4) is 0 Å². The van der Waals surface area contributed by atoms with Gasteiger partial charge in [0.1, 0.15) is 0 Å². The van der Waals surface area contributed by atoms with E-state index < -0.39 is 0 Å². The molecule has 0 bridgehead atoms. The highest BCUT2D eigenvalue weighted by Gasteiger charge is 2.07. The van der Waals surface area contributed by atoms with Gasteiger partial charge in [0.2, 0.25) is 0 Å². The van der Waals surface area contributed by atoms with Crippen molar-refractivity contribution in [2.24, 2.45) is 0 Å². The Morgan fingerprint density at radius 3 is 2.50 bits per heavy atom. The molecule has 1 heterocycles. The summed E-state index contributed by atoms with van der Waals surface area (Å²) in [6.07, 6.45) is 1.53. The first-order chi connectivity index (χ1) is 6.59. The average Bonchev–Trinajstić information content (AvgIpc) is 2.15. The standard InChI is InChI=1S/C10H6Cl3N/c1-5-2-6-9(3-7(5)11)14-4-8(12)10(6)13/h2-4H,1H3. The van der Waals surface area contributed by atoms with E-state index in [1.165, 1.54) is 6.20 Å². The number of aromatic nitrogens is 1. The lowest BCUT2D eigenvalue weighted by atomic mass is 10.1. The van der Waals surface area contributed by atoms with E-state index in [2.05, 4.69) is 4.98 Å². The van der Waals surface area contributed by atoms with Crippen LogP contribution in [0.2, 0.25) is 15.1 Å². The van der Waals surface area contributed by atoms with E-state index in [0.717, 1.165) is 16.5 Å². The quantitative estimate of drug-likeness (QED) is 0.667. The second kappa shape index (κ2) is 3.58. The van der Waals surface area contributed by atoms with E-state index in [1.54, 1.807) is 6.07 Å². The van der Waals surface area contributed by atoms with Gasteiger partial charge in [-0.2, -0.15) is 0 Å². The molecule has 0 unspecified atom stereocenters. The molecule has 1 aromatic carbocycles. The van der Waals surface area contributed by atoms with E-state index in [-0.39, 0.29) is 0 Å². The van der Waals surface area contributed by atoms with Crippen molar-refractivity contribution >= 4 is 45.7 Å². The zero-order valence-electron chi connectivity index (χ0n) is 7.31. The summed E-state index contributed by atoms with van der Waals surface area (Å²) in [4.78, 5) is 4.14. The fourth-order valence-corrected chi connectivity index (χ4v) is 1.77. The van der Waals surface area contributed by atoms with Gasteiger partial charge in [-0.3, -0.25) is 4.98 Å². The van der Waals surface area contributed by atoms with Crippen LogP contribution < -0.4 is 0 Å². The second-order valence-electron chi connectivity index (χ2n) is 3.04. The molecule has 1 nitrogen and oxygen atoms in total. The Labute approximate surface area is 96.6 Å². The molecule has 0 atom stereocenters. The van der Waals surface area contributed by atoms with Crippen molar-refractivity contribution in [2.45, 2.75) is 6.92 Å². The summed E-state index contributed by atoms with van der Waals surface area (Å²) in [6.45, 7) is 1.92. The van der Waals surface area contributed by atoms with Crippen molar-refractivity contribution in [3.05, 3.63) is 39.0 Å². The van der Waals surface area contributed by atoms with Gasteiger partial charge in [0.15, 0.2) is 0 Å². The fraction of sp³-hybridized carbons (Fsp3) is 0.100. The SMILES string of the molecule is Cc1cc2c(Cl)c(Cl)cnc2cc1Cl. The van der Waals surface area contributed by atoms with E-state index >= 15 is 0 Å². The molecule has 1 aromatic heterocycles. The maximum Gasteiger partial charge on any atom is 0.0782 e. The molecule has 72 valence electrons. The molecule has 2 aromatic rings. The fourth-order valence-electron chi connectivity index (χ4n) is 1.27. The van der Waals surface area contributed by atoms with Crippen LogP contribution in [0.1, 0.15) is 5.56 Å². The van der Waals surface area contributed by atoms with Gasteiger partial charge in [0.25, 0.3) is 0 Å². The van der Waals surface area contributed by atoms with Crippen molar-refractivity contribution in [1.29, 1.82) is 0 Å². The molecule has 0 radical (unpaired) electrons. The Hall–Kier alpha value is -0.500. The number of nitrogens with zero attached hydrogens (tertiary/aromatic N) is 1. The first-order valence-corrected chi connectivity index (χ1v) is 5.13. The predicted octanol–water partition coefficient (Wildman–Crippen LogP) is 4.50. The zero-order chi connectivity index (χ0) is 10.3. The molecule has 2 rings (SSSR count). The Kier molecular flexibility index (Phi) is 2.56. The van der Waals surface area contributed by atoms with Crippen LogP contribution in [0.25, 0.3) is 10.9 Å². The highest BCUT2D eigenvalue weighted by Crippen LogP contribution is 2.31. The molecule has 0 aliphatic carbocycles. The molecular formula is C10H6Cl3N. The summed E-state index contributed by atoms with van der Waals surface area (Å²) in [7, 11) is 0. The van der Waals surface area contributed by atoms with Gasteiger partial charge in [-0.1, -0.05) is 34.8 Å². The average molecular weight is 247 g/mol. The van der Waals surface area contributed by atoms with Gasteiger partial charge in [0.05, 0.1) is 15.6 Å². The molecule has 0 aliphatic heterocycles. The van der Waals surface area contributed by atoms with Crippen molar-refractivity contribution < 1.29 is 0 Å². The number of halogens is 3. The summed E-state index contributed by atoms with van der Waals surface area (Å²) in [6, 6.07) is 3.67. The van der Waals surface area contributed by atoms with Gasteiger partial charge in [-0.05, 0) is 24.6 Å². The number of rotatable bonds is 0. The lowest BCUT2D eigenvalue weighted by Crippen LogP contribution is -1.83. The molecule has 0 fully saturated rings. The number of benzene rings is 1. The molecule has 0 saturated carbocycles. The molecule has 4 heteroatoms. The lowest BCUT2D eigenvalue weighted by molar-refractivity contribution is 1.39. The zero-order valence-corrected chi connectivity index (χ0v) is 9.58. The number of fused-ring (bicyclic) bond motifs is 1. The van der Waals surface area contributed by atoms with E-state index in [4.69, 9.17) is 34.8 Å². The molecule has 0 spiro atoms. The van der Waals surface area contributed by atoms with Crippen molar-refractivity contribution in [1.82, 2.24) is 4.98 Å². The van der Waals surface area contributed by atoms with E-state index in [1.807, 2.05) is 13.0 Å². The van der Waals surface area contributed by atoms with Gasteiger partial charge in [-0.25, -0.2) is 0 Å². The monoisotopic (exact) mass is 245 g/mol. The lowest BCUT2D eigenvalue weighted by Gasteiger charge is -2.04. The van der Waals surface area contributed by atoms with Crippen LogP contribution in [0.4, 0.5) is 0 Å². The maximum absolute atomic E-state index is 6.04. The third-order valence-corrected chi connectivity index (χ3v) is 3.24. The third kappa shape index (κ3) is 1.56. The van der Waals surface area contributed by atoms with Crippen molar-refractivity contribution in [2.75, 3.05) is 0 Å². The molecule has 0 aliphatic rings. The Morgan fingerprint density at radius 2 is 1.79 bits per heavy atom. The number of hydrogen-bond acceptors (Lipinski definition) is 1. The molecule has 0 amide bonds. The van der Waals surface area contributed by atoms with E-state index in [9.17, 15) is 0 Å². The summed E-state index contributed by atoms with van der Waals surface area (Å²) in [5, 5.41) is 2.50. The molecule has 0 N–H and O–H groups in total. The highest BCUT2D eigenvalue weighted by atomic mass is 35.5. The van der Waals surface area contributed by atoms with Crippen molar-refractivity contribution in [3.63, 3.8) is 0 Å². The molecular weight excluding hydrogens is 240 g/mol. The molecule has 14 heavy (non-hydrogen) atoms. The highest BCUT2D eigenvalue weighted by molar-refractivity contribution is 6.45. The first-order valence-electron chi connectivity index (χ1n) is 3.99. The van der Waals surface area contributed by atoms with Gasteiger partial charge < -0.3 is 0 Å². The third-order valence-electron chi connectivity index (χ3n) is 2.04. The summed E-state index contributed by atoms with van der Waals surface area (Å²) >= 11 is 17.9. The summed E-state index contributed by atoms with van der Waals surface area (Å²) in [5.41, 5.74) is 1.72. The van der Waals surface area contributed by atoms with Crippen LogP contribution in [0, 0.1) is 6.92 Å². The van der Waals surface area contributed by atoms with Gasteiger partial charge >= 0.3 is 0 Å². The summed E-state index contributed by atoms with van der Waals surface area (Å²) < 4.78 is 0. The second-order valence-corrected chi connectivity index (χ2v) is 4.23. The number of hydrogen-bond donors (Lipinski definition) is 0. The van der Waals surface area contributed by atoms with E-state index in [0.29, 0.717) is 15.1 Å². The number of pyridine rings is 1. The van der Waals surface area contributed by atoms with Crippen LogP contribution in [0.15, 0.2) is 18.3 Å². The van der Waals surface area contributed by atoms with Crippen LogP contribution in [-0.2, 0) is 0 Å². The first kappa shape index (κ1) is 10.0. The minimum absolute atomic E-state index is 0.459. The Bertz CT molecular complexity index is 508. The minimum Gasteiger partial charge on any atom is -0.255 e.